The summed E-state index contributed by atoms with van der Waals surface area (Å²) in [5, 5.41) is 3.35. The Balaban J connectivity index is 1.59. The molecule has 1 N–H and O–H groups in total. The van der Waals surface area contributed by atoms with Gasteiger partial charge in [0, 0.05) is 13.0 Å². The third-order valence-corrected chi connectivity index (χ3v) is 3.98. The minimum absolute atomic E-state index is 0.00587. The third-order valence-electron chi connectivity index (χ3n) is 3.65. The Morgan fingerprint density at radius 3 is 2.67 bits per heavy atom. The fourth-order valence-corrected chi connectivity index (χ4v) is 2.71. The molecule has 2 aromatic carbocycles. The minimum atomic E-state index is -0.164. The first-order valence-corrected chi connectivity index (χ1v) is 7.33. The largest absolute Gasteiger partial charge is 0.371 e. The predicted molar refractivity (Wildman–Crippen MR) is 82.5 cm³/mol. The summed E-state index contributed by atoms with van der Waals surface area (Å²) in [4.78, 5) is 12.1. The molecule has 0 bridgehead atoms. The van der Waals surface area contributed by atoms with E-state index in [1.807, 2.05) is 12.1 Å². The second-order valence-corrected chi connectivity index (χ2v) is 5.50. The van der Waals surface area contributed by atoms with Gasteiger partial charge in [-0.15, -0.1) is 0 Å². The molecular formula is C17H16ClNO2. The summed E-state index contributed by atoms with van der Waals surface area (Å²) in [5.74, 6) is -0.164. The van der Waals surface area contributed by atoms with Gasteiger partial charge in [0.15, 0.2) is 0 Å². The first kappa shape index (κ1) is 14.1. The van der Waals surface area contributed by atoms with Crippen LogP contribution in [0.2, 0.25) is 5.02 Å². The first-order chi connectivity index (χ1) is 10.2. The molecule has 0 aliphatic carbocycles. The van der Waals surface area contributed by atoms with Crippen LogP contribution in [0.5, 0.6) is 0 Å². The van der Waals surface area contributed by atoms with Gasteiger partial charge >= 0.3 is 0 Å². The molecule has 1 amide bonds. The van der Waals surface area contributed by atoms with Crippen LogP contribution in [-0.2, 0) is 17.8 Å². The van der Waals surface area contributed by atoms with Crippen molar-refractivity contribution >= 4 is 17.5 Å². The lowest BCUT2D eigenvalue weighted by atomic mass is 9.99. The molecule has 4 heteroatoms. The van der Waals surface area contributed by atoms with Crippen LogP contribution in [0.25, 0.3) is 0 Å². The quantitative estimate of drug-likeness (QED) is 0.945. The van der Waals surface area contributed by atoms with Crippen LogP contribution >= 0.6 is 11.6 Å². The van der Waals surface area contributed by atoms with Crippen LogP contribution in [0.1, 0.15) is 21.5 Å². The average molecular weight is 302 g/mol. The number of nitrogens with one attached hydrogen (secondary N) is 1. The van der Waals surface area contributed by atoms with E-state index in [-0.39, 0.29) is 12.0 Å². The van der Waals surface area contributed by atoms with Gasteiger partial charge in [-0.3, -0.25) is 4.79 Å². The van der Waals surface area contributed by atoms with E-state index in [4.69, 9.17) is 16.3 Å². The van der Waals surface area contributed by atoms with Crippen molar-refractivity contribution in [1.82, 2.24) is 5.32 Å². The summed E-state index contributed by atoms with van der Waals surface area (Å²) in [7, 11) is 0. The maximum atomic E-state index is 12.1. The number of carbonyl (C=O) groups is 1. The lowest BCUT2D eigenvalue weighted by molar-refractivity contribution is 0.0285. The fraction of sp³-hybridized carbons (Fsp3) is 0.235. The second-order valence-electron chi connectivity index (χ2n) is 5.10. The molecule has 1 atom stereocenters. The molecule has 0 saturated carbocycles. The van der Waals surface area contributed by atoms with Gasteiger partial charge in [0.05, 0.1) is 23.3 Å². The second kappa shape index (κ2) is 6.29. The van der Waals surface area contributed by atoms with E-state index in [0.29, 0.717) is 23.7 Å². The maximum Gasteiger partial charge on any atom is 0.252 e. The number of hydrogen-bond donors (Lipinski definition) is 1. The summed E-state index contributed by atoms with van der Waals surface area (Å²) in [5.41, 5.74) is 3.02. The van der Waals surface area contributed by atoms with Crippen LogP contribution in [0.15, 0.2) is 48.5 Å². The van der Waals surface area contributed by atoms with Crippen molar-refractivity contribution < 1.29 is 9.53 Å². The van der Waals surface area contributed by atoms with Gasteiger partial charge in [-0.2, -0.15) is 0 Å². The molecule has 0 radical (unpaired) electrons. The minimum Gasteiger partial charge on any atom is -0.371 e. The van der Waals surface area contributed by atoms with Crippen molar-refractivity contribution in [3.05, 3.63) is 70.2 Å². The highest BCUT2D eigenvalue weighted by Gasteiger charge is 2.19. The molecule has 0 fully saturated rings. The molecule has 0 aromatic heterocycles. The molecule has 0 spiro atoms. The van der Waals surface area contributed by atoms with E-state index < -0.39 is 0 Å². The summed E-state index contributed by atoms with van der Waals surface area (Å²) < 4.78 is 5.77. The molecule has 3 nitrogen and oxygen atoms in total. The van der Waals surface area contributed by atoms with Gasteiger partial charge in [0.25, 0.3) is 5.91 Å². The highest BCUT2D eigenvalue weighted by molar-refractivity contribution is 6.33. The zero-order chi connectivity index (χ0) is 14.7. The van der Waals surface area contributed by atoms with Gasteiger partial charge in [-0.25, -0.2) is 0 Å². The zero-order valence-electron chi connectivity index (χ0n) is 11.5. The molecule has 108 valence electrons. The van der Waals surface area contributed by atoms with E-state index in [1.54, 1.807) is 24.3 Å². The van der Waals surface area contributed by atoms with Gasteiger partial charge in [-0.05, 0) is 23.3 Å². The topological polar surface area (TPSA) is 38.3 Å². The molecule has 1 unspecified atom stereocenters. The molecule has 1 heterocycles. The van der Waals surface area contributed by atoms with Crippen LogP contribution in [0.4, 0.5) is 0 Å². The van der Waals surface area contributed by atoms with E-state index in [1.165, 1.54) is 11.1 Å². The van der Waals surface area contributed by atoms with Crippen molar-refractivity contribution in [2.75, 3.05) is 6.54 Å². The molecule has 0 saturated heterocycles. The van der Waals surface area contributed by atoms with E-state index in [2.05, 4.69) is 17.4 Å². The fourth-order valence-electron chi connectivity index (χ4n) is 2.49. The van der Waals surface area contributed by atoms with Crippen LogP contribution in [0, 0.1) is 0 Å². The monoisotopic (exact) mass is 301 g/mol. The van der Waals surface area contributed by atoms with Crippen molar-refractivity contribution in [2.45, 2.75) is 19.1 Å². The normalized spacial score (nSPS) is 17.1. The molecule has 1 aliphatic rings. The Labute approximate surface area is 128 Å². The molecule has 1 aliphatic heterocycles. The van der Waals surface area contributed by atoms with Crippen molar-refractivity contribution in [3.8, 4) is 0 Å². The van der Waals surface area contributed by atoms with Crippen molar-refractivity contribution in [3.63, 3.8) is 0 Å². The number of ether oxygens (including phenoxy) is 1. The molecular weight excluding hydrogens is 286 g/mol. The standard InChI is InChI=1S/C17H16ClNO2/c18-16-8-4-3-7-15(16)17(20)19-10-14-9-12-5-1-2-6-13(12)11-21-14/h1-8,14H,9-11H2,(H,19,20). The van der Waals surface area contributed by atoms with Crippen molar-refractivity contribution in [2.24, 2.45) is 0 Å². The van der Waals surface area contributed by atoms with Gasteiger partial charge in [0.2, 0.25) is 0 Å². The predicted octanol–water partition coefficient (Wildman–Crippen LogP) is 3.21. The third kappa shape index (κ3) is 3.26. The van der Waals surface area contributed by atoms with Gasteiger partial charge < -0.3 is 10.1 Å². The zero-order valence-corrected chi connectivity index (χ0v) is 12.3. The molecule has 2 aromatic rings. The first-order valence-electron chi connectivity index (χ1n) is 6.95. The number of benzene rings is 2. The average Bonchev–Trinajstić information content (AvgIpc) is 2.53. The smallest absolute Gasteiger partial charge is 0.252 e. The highest BCUT2D eigenvalue weighted by Crippen LogP contribution is 2.20. The Morgan fingerprint density at radius 1 is 1.14 bits per heavy atom. The van der Waals surface area contributed by atoms with Crippen LogP contribution < -0.4 is 5.32 Å². The Morgan fingerprint density at radius 2 is 1.86 bits per heavy atom. The van der Waals surface area contributed by atoms with Crippen molar-refractivity contribution in [1.29, 1.82) is 0 Å². The SMILES string of the molecule is O=C(NCC1Cc2ccccc2CO1)c1ccccc1Cl. The Bertz CT molecular complexity index is 657. The molecule has 21 heavy (non-hydrogen) atoms. The summed E-state index contributed by atoms with van der Waals surface area (Å²) in [6.45, 7) is 1.08. The van der Waals surface area contributed by atoms with E-state index >= 15 is 0 Å². The molecule has 3 rings (SSSR count). The Kier molecular flexibility index (Phi) is 4.23. The number of carbonyl (C=O) groups excluding carboxylic acids is 1. The maximum absolute atomic E-state index is 12.1. The van der Waals surface area contributed by atoms with E-state index in [0.717, 1.165) is 6.42 Å². The van der Waals surface area contributed by atoms with Crippen LogP contribution in [-0.4, -0.2) is 18.6 Å². The number of hydrogen-bond acceptors (Lipinski definition) is 2. The summed E-state index contributed by atoms with van der Waals surface area (Å²) in [6.07, 6.45) is 0.824. The van der Waals surface area contributed by atoms with Gasteiger partial charge in [-0.1, -0.05) is 48.0 Å². The number of halogens is 1. The summed E-state index contributed by atoms with van der Waals surface area (Å²) >= 11 is 6.02. The highest BCUT2D eigenvalue weighted by atomic mass is 35.5. The lowest BCUT2D eigenvalue weighted by Crippen LogP contribution is -2.36. The summed E-state index contributed by atoms with van der Waals surface area (Å²) in [6, 6.07) is 15.3. The number of fused-ring (bicyclic) bond motifs is 1. The number of amides is 1. The van der Waals surface area contributed by atoms with Gasteiger partial charge in [0.1, 0.15) is 0 Å². The van der Waals surface area contributed by atoms with E-state index in [9.17, 15) is 4.79 Å². The Hall–Kier alpha value is -1.84. The van der Waals surface area contributed by atoms with Crippen LogP contribution in [0.3, 0.4) is 0 Å². The number of rotatable bonds is 3. The lowest BCUT2D eigenvalue weighted by Gasteiger charge is -2.25.